The maximum Gasteiger partial charge on any atom is 0.0710 e. The van der Waals surface area contributed by atoms with Gasteiger partial charge in [-0.15, -0.1) is 0 Å². The van der Waals surface area contributed by atoms with Crippen LogP contribution in [0.1, 0.15) is 47.0 Å². The second-order valence-corrected chi connectivity index (χ2v) is 6.69. The highest BCUT2D eigenvalue weighted by Crippen LogP contribution is 2.30. The van der Waals surface area contributed by atoms with Crippen molar-refractivity contribution in [2.75, 3.05) is 26.2 Å². The van der Waals surface area contributed by atoms with Crippen LogP contribution in [0.5, 0.6) is 0 Å². The van der Waals surface area contributed by atoms with Crippen molar-refractivity contribution in [3.8, 4) is 0 Å². The maximum absolute atomic E-state index is 6.15. The highest BCUT2D eigenvalue weighted by Gasteiger charge is 2.35. The molecule has 0 aromatic carbocycles. The lowest BCUT2D eigenvalue weighted by Gasteiger charge is -2.40. The molecule has 0 aromatic rings. The monoisotopic (exact) mass is 254 g/mol. The van der Waals surface area contributed by atoms with E-state index in [9.17, 15) is 0 Å². The minimum Gasteiger partial charge on any atom is -0.371 e. The van der Waals surface area contributed by atoms with Crippen LogP contribution in [0.4, 0.5) is 0 Å². The second kappa shape index (κ2) is 5.89. The van der Waals surface area contributed by atoms with Gasteiger partial charge >= 0.3 is 0 Å². The third kappa shape index (κ3) is 3.46. The largest absolute Gasteiger partial charge is 0.371 e. The van der Waals surface area contributed by atoms with Gasteiger partial charge in [-0.1, -0.05) is 20.3 Å². The molecule has 2 saturated heterocycles. The molecular formula is C15H30N2O. The average Bonchev–Trinajstić information content (AvgIpc) is 2.68. The first kappa shape index (κ1) is 14.3. The maximum atomic E-state index is 6.15. The summed E-state index contributed by atoms with van der Waals surface area (Å²) in [7, 11) is 0. The Balaban J connectivity index is 1.90. The molecule has 2 aliphatic rings. The van der Waals surface area contributed by atoms with Crippen LogP contribution in [0.15, 0.2) is 0 Å². The molecule has 0 aromatic heterocycles. The Morgan fingerprint density at radius 3 is 2.83 bits per heavy atom. The Bertz CT molecular complexity index is 267. The van der Waals surface area contributed by atoms with Crippen LogP contribution in [0.25, 0.3) is 0 Å². The van der Waals surface area contributed by atoms with E-state index in [2.05, 4.69) is 37.9 Å². The molecule has 0 spiro atoms. The van der Waals surface area contributed by atoms with E-state index in [1.165, 1.54) is 25.8 Å². The summed E-state index contributed by atoms with van der Waals surface area (Å²) >= 11 is 0. The smallest absolute Gasteiger partial charge is 0.0710 e. The van der Waals surface area contributed by atoms with Gasteiger partial charge in [-0.25, -0.2) is 0 Å². The van der Waals surface area contributed by atoms with E-state index < -0.39 is 0 Å². The van der Waals surface area contributed by atoms with Crippen molar-refractivity contribution in [2.45, 2.75) is 64.7 Å². The van der Waals surface area contributed by atoms with Crippen LogP contribution >= 0.6 is 0 Å². The average molecular weight is 254 g/mol. The van der Waals surface area contributed by atoms with Crippen molar-refractivity contribution in [3.05, 3.63) is 0 Å². The minimum atomic E-state index is 0.102. The lowest BCUT2D eigenvalue weighted by atomic mass is 9.95. The van der Waals surface area contributed by atoms with Crippen molar-refractivity contribution in [1.29, 1.82) is 0 Å². The zero-order valence-corrected chi connectivity index (χ0v) is 12.5. The Kier molecular flexibility index (Phi) is 4.68. The molecule has 3 atom stereocenters. The lowest BCUT2D eigenvalue weighted by Crippen LogP contribution is -2.55. The van der Waals surface area contributed by atoms with Crippen molar-refractivity contribution < 1.29 is 4.74 Å². The van der Waals surface area contributed by atoms with Gasteiger partial charge in [-0.05, 0) is 32.6 Å². The number of hydrogen-bond acceptors (Lipinski definition) is 3. The molecular weight excluding hydrogens is 224 g/mol. The SMILES string of the molecule is CCC(C)C1CNCCN1CC1CCC(C)(C)O1. The fourth-order valence-corrected chi connectivity index (χ4v) is 3.30. The van der Waals surface area contributed by atoms with Gasteiger partial charge in [0.15, 0.2) is 0 Å². The summed E-state index contributed by atoms with van der Waals surface area (Å²) in [5, 5.41) is 3.54. The summed E-state index contributed by atoms with van der Waals surface area (Å²) in [5.41, 5.74) is 0.102. The molecule has 2 heterocycles. The molecule has 2 aliphatic heterocycles. The highest BCUT2D eigenvalue weighted by atomic mass is 16.5. The van der Waals surface area contributed by atoms with Gasteiger partial charge in [0.1, 0.15) is 0 Å². The van der Waals surface area contributed by atoms with Gasteiger partial charge in [0, 0.05) is 32.2 Å². The molecule has 18 heavy (non-hydrogen) atoms. The second-order valence-electron chi connectivity index (χ2n) is 6.69. The Hall–Kier alpha value is -0.120. The standard InChI is InChI=1S/C15H30N2O/c1-5-12(2)14-10-16-8-9-17(14)11-13-6-7-15(3,4)18-13/h12-14,16H,5-11H2,1-4H3. The van der Waals surface area contributed by atoms with Crippen LogP contribution in [-0.2, 0) is 4.74 Å². The van der Waals surface area contributed by atoms with Gasteiger partial charge < -0.3 is 10.1 Å². The summed E-state index contributed by atoms with van der Waals surface area (Å²) in [6.07, 6.45) is 4.14. The summed E-state index contributed by atoms with van der Waals surface area (Å²) in [6.45, 7) is 13.7. The van der Waals surface area contributed by atoms with Crippen molar-refractivity contribution >= 4 is 0 Å². The molecule has 3 unspecified atom stereocenters. The lowest BCUT2D eigenvalue weighted by molar-refractivity contribution is -0.0396. The number of nitrogens with zero attached hydrogens (tertiary/aromatic N) is 1. The van der Waals surface area contributed by atoms with Crippen molar-refractivity contribution in [2.24, 2.45) is 5.92 Å². The van der Waals surface area contributed by atoms with E-state index >= 15 is 0 Å². The van der Waals surface area contributed by atoms with E-state index in [1.54, 1.807) is 0 Å². The Morgan fingerprint density at radius 1 is 1.44 bits per heavy atom. The zero-order chi connectivity index (χ0) is 13.2. The van der Waals surface area contributed by atoms with Crippen molar-refractivity contribution in [3.63, 3.8) is 0 Å². The predicted octanol–water partition coefficient (Wildman–Crippen LogP) is 2.26. The normalized spacial score (nSPS) is 34.7. The molecule has 0 saturated carbocycles. The van der Waals surface area contributed by atoms with Gasteiger partial charge in [-0.2, -0.15) is 0 Å². The molecule has 2 rings (SSSR count). The summed E-state index contributed by atoms with van der Waals surface area (Å²) in [6, 6.07) is 0.691. The number of piperazine rings is 1. The molecule has 3 nitrogen and oxygen atoms in total. The summed E-state index contributed by atoms with van der Waals surface area (Å²) in [5.74, 6) is 0.771. The Morgan fingerprint density at radius 2 is 2.22 bits per heavy atom. The van der Waals surface area contributed by atoms with E-state index in [0.717, 1.165) is 25.6 Å². The molecule has 1 N–H and O–H groups in total. The van der Waals surface area contributed by atoms with E-state index in [0.29, 0.717) is 12.1 Å². The molecule has 0 amide bonds. The molecule has 2 fully saturated rings. The summed E-state index contributed by atoms with van der Waals surface area (Å²) < 4.78 is 6.15. The Labute approximate surface area is 112 Å². The van der Waals surface area contributed by atoms with Crippen molar-refractivity contribution in [1.82, 2.24) is 10.2 Å². The first-order valence-electron chi connectivity index (χ1n) is 7.64. The van der Waals surface area contributed by atoms with E-state index in [1.807, 2.05) is 0 Å². The predicted molar refractivity (Wildman–Crippen MR) is 75.9 cm³/mol. The third-order valence-corrected chi connectivity index (χ3v) is 4.69. The van der Waals surface area contributed by atoms with Gasteiger partial charge in [0.25, 0.3) is 0 Å². The molecule has 0 aliphatic carbocycles. The third-order valence-electron chi connectivity index (χ3n) is 4.69. The van der Waals surface area contributed by atoms with Crippen LogP contribution < -0.4 is 5.32 Å². The molecule has 106 valence electrons. The summed E-state index contributed by atoms with van der Waals surface area (Å²) in [4.78, 5) is 2.66. The van der Waals surface area contributed by atoms with E-state index in [4.69, 9.17) is 4.74 Å². The number of ether oxygens (including phenoxy) is 1. The number of rotatable bonds is 4. The highest BCUT2D eigenvalue weighted by molar-refractivity contribution is 4.88. The van der Waals surface area contributed by atoms with Crippen LogP contribution in [-0.4, -0.2) is 48.8 Å². The van der Waals surface area contributed by atoms with Crippen LogP contribution in [0, 0.1) is 5.92 Å². The fraction of sp³-hybridized carbons (Fsp3) is 1.00. The van der Waals surface area contributed by atoms with Crippen LogP contribution in [0.3, 0.4) is 0 Å². The van der Waals surface area contributed by atoms with Gasteiger partial charge in [-0.3, -0.25) is 4.90 Å². The molecule has 0 bridgehead atoms. The number of nitrogens with one attached hydrogen (secondary N) is 1. The van der Waals surface area contributed by atoms with Crippen LogP contribution in [0.2, 0.25) is 0 Å². The first-order chi connectivity index (χ1) is 8.52. The van der Waals surface area contributed by atoms with E-state index in [-0.39, 0.29) is 5.60 Å². The first-order valence-corrected chi connectivity index (χ1v) is 7.64. The minimum absolute atomic E-state index is 0.102. The molecule has 3 heteroatoms. The topological polar surface area (TPSA) is 24.5 Å². The fourth-order valence-electron chi connectivity index (χ4n) is 3.30. The molecule has 0 radical (unpaired) electrons. The quantitative estimate of drug-likeness (QED) is 0.833. The zero-order valence-electron chi connectivity index (χ0n) is 12.5. The number of hydrogen-bond donors (Lipinski definition) is 1. The van der Waals surface area contributed by atoms with Gasteiger partial charge in [0.05, 0.1) is 11.7 Å². The van der Waals surface area contributed by atoms with Gasteiger partial charge in [0.2, 0.25) is 0 Å².